The monoisotopic (exact) mass is 196 g/mol. The SMILES string of the molecule is CC(C)(C)c1ccc(F)c2c1OCO2. The molecule has 0 bridgehead atoms. The first-order chi connectivity index (χ1) is 6.50. The van der Waals surface area contributed by atoms with E-state index in [1.807, 2.05) is 0 Å². The molecule has 1 aromatic rings. The molecule has 76 valence electrons. The van der Waals surface area contributed by atoms with Gasteiger partial charge in [0.2, 0.25) is 12.5 Å². The smallest absolute Gasteiger partial charge is 0.231 e. The van der Waals surface area contributed by atoms with Gasteiger partial charge in [-0.25, -0.2) is 4.39 Å². The Morgan fingerprint density at radius 1 is 1.14 bits per heavy atom. The molecule has 1 heterocycles. The number of rotatable bonds is 0. The molecule has 2 nitrogen and oxygen atoms in total. The molecule has 0 unspecified atom stereocenters. The van der Waals surface area contributed by atoms with Crippen LogP contribution in [-0.2, 0) is 5.41 Å². The van der Waals surface area contributed by atoms with E-state index in [-0.39, 0.29) is 23.8 Å². The van der Waals surface area contributed by atoms with E-state index in [1.54, 1.807) is 6.07 Å². The predicted molar refractivity (Wildman–Crippen MR) is 51.2 cm³/mol. The Bertz CT molecular complexity index is 366. The lowest BCUT2D eigenvalue weighted by Crippen LogP contribution is -2.12. The van der Waals surface area contributed by atoms with E-state index in [2.05, 4.69) is 20.8 Å². The van der Waals surface area contributed by atoms with E-state index in [9.17, 15) is 4.39 Å². The average molecular weight is 196 g/mol. The maximum atomic E-state index is 13.3. The highest BCUT2D eigenvalue weighted by atomic mass is 19.1. The topological polar surface area (TPSA) is 18.5 Å². The third kappa shape index (κ3) is 1.33. The summed E-state index contributed by atoms with van der Waals surface area (Å²) in [5.41, 5.74) is 0.914. The molecule has 0 saturated heterocycles. The Morgan fingerprint density at radius 2 is 1.79 bits per heavy atom. The lowest BCUT2D eigenvalue weighted by molar-refractivity contribution is 0.169. The Morgan fingerprint density at radius 3 is 2.43 bits per heavy atom. The van der Waals surface area contributed by atoms with Crippen LogP contribution < -0.4 is 9.47 Å². The van der Waals surface area contributed by atoms with E-state index in [0.717, 1.165) is 5.56 Å². The summed E-state index contributed by atoms with van der Waals surface area (Å²) in [5, 5.41) is 0. The summed E-state index contributed by atoms with van der Waals surface area (Å²) in [6.45, 7) is 6.28. The highest BCUT2D eigenvalue weighted by Crippen LogP contribution is 2.42. The van der Waals surface area contributed by atoms with Crippen LogP contribution >= 0.6 is 0 Å². The number of fused-ring (bicyclic) bond motifs is 1. The Labute approximate surface area is 82.6 Å². The van der Waals surface area contributed by atoms with E-state index in [4.69, 9.17) is 9.47 Å². The zero-order valence-corrected chi connectivity index (χ0v) is 8.56. The van der Waals surface area contributed by atoms with Crippen molar-refractivity contribution >= 4 is 0 Å². The van der Waals surface area contributed by atoms with Crippen LogP contribution in [0.25, 0.3) is 0 Å². The first kappa shape index (κ1) is 9.31. The van der Waals surface area contributed by atoms with Gasteiger partial charge in [0.15, 0.2) is 11.6 Å². The van der Waals surface area contributed by atoms with Crippen molar-refractivity contribution in [2.24, 2.45) is 0 Å². The number of hydrogen-bond donors (Lipinski definition) is 0. The van der Waals surface area contributed by atoms with E-state index < -0.39 is 0 Å². The second kappa shape index (κ2) is 2.87. The Hall–Kier alpha value is -1.25. The molecule has 0 N–H and O–H groups in total. The molecule has 1 aromatic carbocycles. The Kier molecular flexibility index (Phi) is 1.91. The van der Waals surface area contributed by atoms with Crippen LogP contribution in [0, 0.1) is 5.82 Å². The summed E-state index contributed by atoms with van der Waals surface area (Å²) in [7, 11) is 0. The van der Waals surface area contributed by atoms with Crippen LogP contribution in [-0.4, -0.2) is 6.79 Å². The summed E-state index contributed by atoms with van der Waals surface area (Å²) in [6, 6.07) is 3.18. The Balaban J connectivity index is 2.60. The first-order valence-electron chi connectivity index (χ1n) is 4.59. The molecule has 0 amide bonds. The van der Waals surface area contributed by atoms with Gasteiger partial charge in [-0.1, -0.05) is 26.8 Å². The molecule has 1 aliphatic heterocycles. The van der Waals surface area contributed by atoms with Crippen LogP contribution in [0.4, 0.5) is 4.39 Å². The molecule has 0 aromatic heterocycles. The van der Waals surface area contributed by atoms with Crippen molar-refractivity contribution in [3.05, 3.63) is 23.5 Å². The van der Waals surface area contributed by atoms with Gasteiger partial charge in [-0.15, -0.1) is 0 Å². The van der Waals surface area contributed by atoms with Crippen LogP contribution in [0.5, 0.6) is 11.5 Å². The second-order valence-electron chi connectivity index (χ2n) is 4.41. The summed E-state index contributed by atoms with van der Waals surface area (Å²) in [5.74, 6) is 0.445. The third-order valence-electron chi connectivity index (χ3n) is 2.28. The van der Waals surface area contributed by atoms with E-state index in [0.29, 0.717) is 5.75 Å². The number of benzene rings is 1. The minimum atomic E-state index is -0.356. The van der Waals surface area contributed by atoms with Gasteiger partial charge in [0.05, 0.1) is 0 Å². The average Bonchev–Trinajstić information content (AvgIpc) is 2.50. The molecule has 0 atom stereocenters. The lowest BCUT2D eigenvalue weighted by atomic mass is 9.86. The van der Waals surface area contributed by atoms with E-state index in [1.165, 1.54) is 6.07 Å². The molecule has 3 heteroatoms. The van der Waals surface area contributed by atoms with Gasteiger partial charge in [0.1, 0.15) is 0 Å². The van der Waals surface area contributed by atoms with Crippen LogP contribution in [0.15, 0.2) is 12.1 Å². The lowest BCUT2D eigenvalue weighted by Gasteiger charge is -2.20. The molecule has 2 rings (SSSR count). The van der Waals surface area contributed by atoms with Gasteiger partial charge in [0, 0.05) is 5.56 Å². The zero-order valence-electron chi connectivity index (χ0n) is 8.56. The molecular formula is C11H13FO2. The van der Waals surface area contributed by atoms with Crippen molar-refractivity contribution < 1.29 is 13.9 Å². The minimum Gasteiger partial charge on any atom is -0.453 e. The highest BCUT2D eigenvalue weighted by Gasteiger charge is 2.27. The molecule has 0 aliphatic carbocycles. The first-order valence-corrected chi connectivity index (χ1v) is 4.59. The van der Waals surface area contributed by atoms with Crippen LogP contribution in [0.2, 0.25) is 0 Å². The fraction of sp³-hybridized carbons (Fsp3) is 0.455. The van der Waals surface area contributed by atoms with Crippen molar-refractivity contribution in [2.45, 2.75) is 26.2 Å². The summed E-state index contributed by atoms with van der Waals surface area (Å²) in [4.78, 5) is 0. The third-order valence-corrected chi connectivity index (χ3v) is 2.28. The minimum absolute atomic E-state index is 0.0640. The zero-order chi connectivity index (χ0) is 10.3. The van der Waals surface area contributed by atoms with Crippen molar-refractivity contribution in [2.75, 3.05) is 6.79 Å². The van der Waals surface area contributed by atoms with Crippen LogP contribution in [0.3, 0.4) is 0 Å². The number of ether oxygens (including phenoxy) is 2. The van der Waals surface area contributed by atoms with Crippen LogP contribution in [0.1, 0.15) is 26.3 Å². The molecule has 0 fully saturated rings. The molecule has 1 aliphatic rings. The van der Waals surface area contributed by atoms with Gasteiger partial charge in [0.25, 0.3) is 0 Å². The van der Waals surface area contributed by atoms with E-state index >= 15 is 0 Å². The fourth-order valence-corrected chi connectivity index (χ4v) is 1.55. The molecule has 0 spiro atoms. The molecule has 14 heavy (non-hydrogen) atoms. The van der Waals surface area contributed by atoms with Gasteiger partial charge in [-0.2, -0.15) is 0 Å². The molecule has 0 saturated carbocycles. The number of hydrogen-bond acceptors (Lipinski definition) is 2. The summed E-state index contributed by atoms with van der Waals surface area (Å²) < 4.78 is 23.6. The molecular weight excluding hydrogens is 183 g/mol. The summed E-state index contributed by atoms with van der Waals surface area (Å²) >= 11 is 0. The predicted octanol–water partition coefficient (Wildman–Crippen LogP) is 2.85. The van der Waals surface area contributed by atoms with Crippen molar-refractivity contribution in [3.8, 4) is 11.5 Å². The maximum Gasteiger partial charge on any atom is 0.231 e. The largest absolute Gasteiger partial charge is 0.453 e. The maximum absolute atomic E-state index is 13.3. The quantitative estimate of drug-likeness (QED) is 0.635. The second-order valence-corrected chi connectivity index (χ2v) is 4.41. The van der Waals surface area contributed by atoms with Crippen molar-refractivity contribution in [3.63, 3.8) is 0 Å². The van der Waals surface area contributed by atoms with Gasteiger partial charge < -0.3 is 9.47 Å². The fourth-order valence-electron chi connectivity index (χ4n) is 1.55. The standard InChI is InChI=1S/C11H13FO2/c1-11(2,3)7-4-5-8(12)10-9(7)13-6-14-10/h4-5H,6H2,1-3H3. The van der Waals surface area contributed by atoms with Gasteiger partial charge in [-0.05, 0) is 11.5 Å². The normalized spacial score (nSPS) is 14.6. The van der Waals surface area contributed by atoms with Gasteiger partial charge in [-0.3, -0.25) is 0 Å². The van der Waals surface area contributed by atoms with Gasteiger partial charge >= 0.3 is 0 Å². The van der Waals surface area contributed by atoms with Crippen molar-refractivity contribution in [1.29, 1.82) is 0 Å². The highest BCUT2D eigenvalue weighted by molar-refractivity contribution is 5.51. The molecule has 0 radical (unpaired) electrons. The number of halogens is 1. The van der Waals surface area contributed by atoms with Crippen molar-refractivity contribution in [1.82, 2.24) is 0 Å². The summed E-state index contributed by atoms with van der Waals surface area (Å²) in [6.07, 6.45) is 0.